The third-order valence-corrected chi connectivity index (χ3v) is 6.26. The topological polar surface area (TPSA) is 84.7 Å². The van der Waals surface area contributed by atoms with Gasteiger partial charge in [0.1, 0.15) is 11.2 Å². The van der Waals surface area contributed by atoms with E-state index < -0.39 is 0 Å². The Balaban J connectivity index is 1.21. The van der Waals surface area contributed by atoms with E-state index in [1.54, 1.807) is 30.3 Å². The van der Waals surface area contributed by atoms with Crippen LogP contribution in [0.1, 0.15) is 12.8 Å². The summed E-state index contributed by atoms with van der Waals surface area (Å²) in [7, 11) is 1.78. The molecule has 1 saturated heterocycles. The number of anilines is 1. The molecule has 0 bridgehead atoms. The molecule has 0 unspecified atom stereocenters. The molecule has 1 saturated carbocycles. The van der Waals surface area contributed by atoms with Crippen molar-refractivity contribution in [2.75, 3.05) is 24.5 Å². The van der Waals surface area contributed by atoms with E-state index in [1.807, 2.05) is 18.2 Å². The Morgan fingerprint density at radius 2 is 1.94 bits per heavy atom. The fraction of sp³-hybridized carbons (Fsp3) is 0.348. The number of rotatable bonds is 4. The molecule has 1 aromatic carbocycles. The molecular weight excluding hydrogens is 407 g/mol. The lowest BCUT2D eigenvalue weighted by molar-refractivity contribution is 0.414. The summed E-state index contributed by atoms with van der Waals surface area (Å²) >= 11 is 0. The van der Waals surface area contributed by atoms with E-state index in [-0.39, 0.29) is 5.82 Å². The number of hydrogen-bond donors (Lipinski definition) is 1. The van der Waals surface area contributed by atoms with Gasteiger partial charge in [0.25, 0.3) is 0 Å². The normalized spacial score (nSPS) is 18.9. The molecule has 162 valence electrons. The zero-order valence-corrected chi connectivity index (χ0v) is 17.7. The molecule has 0 spiro atoms. The van der Waals surface area contributed by atoms with Gasteiger partial charge >= 0.3 is 0 Å². The molecule has 1 aliphatic carbocycles. The highest BCUT2D eigenvalue weighted by Crippen LogP contribution is 2.34. The van der Waals surface area contributed by atoms with Crippen molar-refractivity contribution in [1.29, 1.82) is 0 Å². The monoisotopic (exact) mass is 430 g/mol. The summed E-state index contributed by atoms with van der Waals surface area (Å²) in [6.45, 7) is 2.76. The van der Waals surface area contributed by atoms with Gasteiger partial charge in [-0.15, -0.1) is 10.2 Å². The molecule has 0 radical (unpaired) electrons. The van der Waals surface area contributed by atoms with Crippen molar-refractivity contribution in [3.05, 3.63) is 48.7 Å². The Morgan fingerprint density at radius 3 is 2.69 bits per heavy atom. The number of nitrogens with one attached hydrogen (secondary N) is 1. The maximum absolute atomic E-state index is 14.4. The van der Waals surface area contributed by atoms with Gasteiger partial charge in [-0.25, -0.2) is 9.37 Å². The molecule has 2 aliphatic rings. The van der Waals surface area contributed by atoms with Gasteiger partial charge in [-0.2, -0.15) is 5.10 Å². The van der Waals surface area contributed by atoms with Crippen LogP contribution < -0.4 is 10.2 Å². The van der Waals surface area contributed by atoms with Crippen molar-refractivity contribution < 1.29 is 4.39 Å². The molecule has 9 heteroatoms. The summed E-state index contributed by atoms with van der Waals surface area (Å²) in [4.78, 5) is 11.3. The Hall–Kier alpha value is -3.46. The third-order valence-electron chi connectivity index (χ3n) is 6.26. The first-order chi connectivity index (χ1) is 15.6. The van der Waals surface area contributed by atoms with E-state index in [0.717, 1.165) is 42.1 Å². The van der Waals surface area contributed by atoms with Gasteiger partial charge in [-0.1, -0.05) is 6.07 Å². The van der Waals surface area contributed by atoms with Gasteiger partial charge in [0.2, 0.25) is 5.95 Å². The van der Waals surface area contributed by atoms with Crippen LogP contribution in [0.4, 0.5) is 10.3 Å². The van der Waals surface area contributed by atoms with Crippen molar-refractivity contribution in [3.8, 4) is 22.5 Å². The molecule has 6 rings (SSSR count). The fourth-order valence-corrected chi connectivity index (χ4v) is 4.40. The molecular formula is C23H23FN8. The predicted molar refractivity (Wildman–Crippen MR) is 119 cm³/mol. The van der Waals surface area contributed by atoms with Crippen molar-refractivity contribution in [1.82, 2.24) is 35.3 Å². The second-order valence-corrected chi connectivity index (χ2v) is 8.62. The van der Waals surface area contributed by atoms with E-state index in [0.29, 0.717) is 28.9 Å². The summed E-state index contributed by atoms with van der Waals surface area (Å²) in [5.74, 6) is 1.11. The first-order valence-electron chi connectivity index (χ1n) is 10.9. The SMILES string of the molecule is Cn1cc2cc(-c3ccc(-c4cnc(N5CCN[C@@H](C6CC6)C5)nn4)nc3)cc(F)c2n1. The zero-order chi connectivity index (χ0) is 21.7. The van der Waals surface area contributed by atoms with Crippen LogP contribution >= 0.6 is 0 Å². The highest BCUT2D eigenvalue weighted by molar-refractivity contribution is 5.84. The molecule has 0 amide bonds. The molecule has 2 fully saturated rings. The Morgan fingerprint density at radius 1 is 1.03 bits per heavy atom. The quantitative estimate of drug-likeness (QED) is 0.533. The van der Waals surface area contributed by atoms with Crippen LogP contribution in [0.25, 0.3) is 33.4 Å². The number of halogens is 1. The largest absolute Gasteiger partial charge is 0.337 e. The van der Waals surface area contributed by atoms with Crippen LogP contribution in [0.3, 0.4) is 0 Å². The minimum Gasteiger partial charge on any atom is -0.337 e. The maximum atomic E-state index is 14.4. The highest BCUT2D eigenvalue weighted by atomic mass is 19.1. The maximum Gasteiger partial charge on any atom is 0.245 e. The second kappa shape index (κ2) is 7.59. The molecule has 8 nitrogen and oxygen atoms in total. The lowest BCUT2D eigenvalue weighted by atomic mass is 10.0. The summed E-state index contributed by atoms with van der Waals surface area (Å²) in [6.07, 6.45) is 7.87. The van der Waals surface area contributed by atoms with Crippen LogP contribution in [0.15, 0.2) is 42.9 Å². The Labute approximate surface area is 184 Å². The number of piperazine rings is 1. The van der Waals surface area contributed by atoms with Crippen molar-refractivity contribution >= 4 is 16.9 Å². The number of nitrogens with zero attached hydrogens (tertiary/aromatic N) is 7. The molecule has 32 heavy (non-hydrogen) atoms. The van der Waals surface area contributed by atoms with Crippen LogP contribution in [0, 0.1) is 11.7 Å². The molecule has 1 N–H and O–H groups in total. The summed E-state index contributed by atoms with van der Waals surface area (Å²) in [6, 6.07) is 7.70. The van der Waals surface area contributed by atoms with Crippen molar-refractivity contribution in [3.63, 3.8) is 0 Å². The standard InChI is InChI=1S/C23H23FN8/c1-31-12-17-8-16(9-18(24)22(17)30-31)15-4-5-19(26-10-15)20-11-27-23(29-28-20)32-7-6-25-21(13-32)14-2-3-14/h4-5,8-12,14,21,25H,2-3,6-7,13H2,1H3/t21-/m1/s1. The van der Waals surface area contributed by atoms with Crippen LogP contribution in [-0.4, -0.2) is 55.6 Å². The van der Waals surface area contributed by atoms with Gasteiger partial charge < -0.3 is 10.2 Å². The molecule has 1 aliphatic heterocycles. The van der Waals surface area contributed by atoms with E-state index >= 15 is 0 Å². The Bertz CT molecular complexity index is 1260. The second-order valence-electron chi connectivity index (χ2n) is 8.62. The average Bonchev–Trinajstić information content (AvgIpc) is 3.61. The predicted octanol–water partition coefficient (Wildman–Crippen LogP) is 2.81. The smallest absolute Gasteiger partial charge is 0.245 e. The fourth-order valence-electron chi connectivity index (χ4n) is 4.40. The minimum atomic E-state index is -0.343. The van der Waals surface area contributed by atoms with Gasteiger partial charge in [0.15, 0.2) is 5.82 Å². The van der Waals surface area contributed by atoms with Crippen LogP contribution in [0.5, 0.6) is 0 Å². The lowest BCUT2D eigenvalue weighted by Gasteiger charge is -2.33. The molecule has 1 atom stereocenters. The zero-order valence-electron chi connectivity index (χ0n) is 17.7. The van der Waals surface area contributed by atoms with Crippen molar-refractivity contribution in [2.45, 2.75) is 18.9 Å². The number of benzene rings is 1. The first kappa shape index (κ1) is 19.2. The summed E-state index contributed by atoms with van der Waals surface area (Å²) in [5.41, 5.74) is 3.24. The third kappa shape index (κ3) is 3.58. The van der Waals surface area contributed by atoms with E-state index in [4.69, 9.17) is 0 Å². The average molecular weight is 430 g/mol. The molecule has 4 aromatic rings. The Kier molecular flexibility index (Phi) is 4.57. The van der Waals surface area contributed by atoms with Crippen LogP contribution in [-0.2, 0) is 7.05 Å². The summed E-state index contributed by atoms with van der Waals surface area (Å²) < 4.78 is 16.0. The van der Waals surface area contributed by atoms with E-state index in [1.165, 1.54) is 18.9 Å². The van der Waals surface area contributed by atoms with Gasteiger partial charge in [0, 0.05) is 56.1 Å². The van der Waals surface area contributed by atoms with Gasteiger partial charge in [-0.3, -0.25) is 9.67 Å². The number of pyridine rings is 1. The van der Waals surface area contributed by atoms with Gasteiger partial charge in [-0.05, 0) is 42.5 Å². The number of aryl methyl sites for hydroxylation is 1. The molecule has 3 aromatic heterocycles. The van der Waals surface area contributed by atoms with Gasteiger partial charge in [0.05, 0.1) is 11.9 Å². The van der Waals surface area contributed by atoms with E-state index in [2.05, 4.69) is 35.5 Å². The molecule has 4 heterocycles. The van der Waals surface area contributed by atoms with Crippen molar-refractivity contribution in [2.24, 2.45) is 13.0 Å². The summed E-state index contributed by atoms with van der Waals surface area (Å²) in [5, 5.41) is 17.2. The number of hydrogen-bond acceptors (Lipinski definition) is 7. The first-order valence-corrected chi connectivity index (χ1v) is 10.9. The number of aromatic nitrogens is 6. The number of fused-ring (bicyclic) bond motifs is 1. The minimum absolute atomic E-state index is 0.343. The lowest BCUT2D eigenvalue weighted by Crippen LogP contribution is -2.52. The van der Waals surface area contributed by atoms with E-state index in [9.17, 15) is 4.39 Å². The van der Waals surface area contributed by atoms with Crippen LogP contribution in [0.2, 0.25) is 0 Å². The highest BCUT2D eigenvalue weighted by Gasteiger charge is 2.34.